The molecule has 6 rings (SSSR count). The van der Waals surface area contributed by atoms with Gasteiger partial charge in [0.15, 0.2) is 27.3 Å². The molecule has 1 fully saturated rings. The fourth-order valence-electron chi connectivity index (χ4n) is 5.18. The number of aliphatic hydroxyl groups is 1. The first-order chi connectivity index (χ1) is 22.5. The number of fused-ring (bicyclic) bond motifs is 1. The van der Waals surface area contributed by atoms with Crippen LogP contribution in [0.2, 0.25) is 0 Å². The molecule has 0 bridgehead atoms. The summed E-state index contributed by atoms with van der Waals surface area (Å²) in [5, 5.41) is 20.6. The molecule has 3 aromatic carbocycles. The molecule has 1 amide bonds. The zero-order valence-corrected chi connectivity index (χ0v) is 27.1. The third kappa shape index (κ3) is 6.54. The lowest BCUT2D eigenvalue weighted by molar-refractivity contribution is -0.132. The maximum Gasteiger partial charge on any atom is 0.301 e. The molecule has 2 aliphatic heterocycles. The molecule has 1 unspecified atom stereocenters. The number of carbonyl (C=O) groups is 2. The van der Waals surface area contributed by atoms with Crippen LogP contribution in [0, 0.1) is 0 Å². The molecule has 1 atom stereocenters. The minimum Gasteiger partial charge on any atom is -0.507 e. The van der Waals surface area contributed by atoms with E-state index in [-0.39, 0.29) is 16.5 Å². The summed E-state index contributed by atoms with van der Waals surface area (Å²) >= 11 is 2.70. The van der Waals surface area contributed by atoms with Gasteiger partial charge in [0, 0.05) is 11.3 Å². The van der Waals surface area contributed by atoms with Gasteiger partial charge in [0.1, 0.15) is 19.0 Å². The molecule has 4 aromatic rings. The van der Waals surface area contributed by atoms with Crippen molar-refractivity contribution in [1.82, 2.24) is 10.2 Å². The number of ketones is 1. The summed E-state index contributed by atoms with van der Waals surface area (Å²) in [5.41, 5.74) is 1.89. The second-order valence-corrected chi connectivity index (χ2v) is 12.7. The maximum absolute atomic E-state index is 13.8. The number of aliphatic hydroxyl groups excluding tert-OH is 1. The van der Waals surface area contributed by atoms with E-state index in [4.69, 9.17) is 18.9 Å². The molecule has 238 valence electrons. The Kier molecular flexibility index (Phi) is 9.74. The fraction of sp³-hybridized carbons (Fsp3) is 0.294. The zero-order valence-electron chi connectivity index (χ0n) is 25.4. The van der Waals surface area contributed by atoms with Crippen LogP contribution in [-0.2, 0) is 15.3 Å². The van der Waals surface area contributed by atoms with E-state index in [1.54, 1.807) is 36.4 Å². The van der Waals surface area contributed by atoms with Gasteiger partial charge in [-0.05, 0) is 54.8 Å². The average Bonchev–Trinajstić information content (AvgIpc) is 3.66. The molecular formula is C34H33N3O7S2. The van der Waals surface area contributed by atoms with Crippen LogP contribution in [0.25, 0.3) is 5.76 Å². The molecule has 10 nitrogen and oxygen atoms in total. The maximum atomic E-state index is 13.8. The molecule has 0 aliphatic carbocycles. The van der Waals surface area contributed by atoms with Gasteiger partial charge in [0.25, 0.3) is 5.78 Å². The number of hydrogen-bond acceptors (Lipinski definition) is 11. The van der Waals surface area contributed by atoms with E-state index in [0.29, 0.717) is 70.6 Å². The van der Waals surface area contributed by atoms with Crippen LogP contribution in [-0.4, -0.2) is 53.4 Å². The van der Waals surface area contributed by atoms with Crippen molar-refractivity contribution in [2.75, 3.05) is 31.3 Å². The zero-order chi connectivity index (χ0) is 32.0. The number of anilines is 1. The van der Waals surface area contributed by atoms with Gasteiger partial charge in [-0.25, -0.2) is 0 Å². The average molecular weight is 660 g/mol. The number of nitrogens with zero attached hydrogens (tertiary/aromatic N) is 3. The Hall–Kier alpha value is -4.55. The molecule has 3 heterocycles. The van der Waals surface area contributed by atoms with E-state index in [2.05, 4.69) is 17.1 Å². The van der Waals surface area contributed by atoms with Crippen LogP contribution in [0.3, 0.4) is 0 Å². The lowest BCUT2D eigenvalue weighted by Gasteiger charge is -2.24. The number of carbonyl (C=O) groups excluding carboxylic acids is 2. The lowest BCUT2D eigenvalue weighted by atomic mass is 9.95. The number of rotatable bonds is 12. The van der Waals surface area contributed by atoms with Crippen molar-refractivity contribution in [3.05, 3.63) is 89.0 Å². The van der Waals surface area contributed by atoms with Gasteiger partial charge in [0.05, 0.1) is 24.8 Å². The van der Waals surface area contributed by atoms with Gasteiger partial charge in [0.2, 0.25) is 5.13 Å². The Morgan fingerprint density at radius 1 is 0.978 bits per heavy atom. The van der Waals surface area contributed by atoms with E-state index < -0.39 is 17.7 Å². The van der Waals surface area contributed by atoms with Crippen molar-refractivity contribution in [3.63, 3.8) is 0 Å². The fourth-order valence-corrected chi connectivity index (χ4v) is 7.00. The smallest absolute Gasteiger partial charge is 0.301 e. The molecule has 0 radical (unpaired) electrons. The largest absolute Gasteiger partial charge is 0.507 e. The molecule has 46 heavy (non-hydrogen) atoms. The number of ether oxygens (including phenoxy) is 4. The first-order valence-electron chi connectivity index (χ1n) is 15.1. The topological polar surface area (TPSA) is 120 Å². The highest BCUT2D eigenvalue weighted by atomic mass is 32.2. The number of Topliss-reactive ketones (excluding diaryl/α,β-unsaturated/α-hetero) is 1. The number of benzene rings is 3. The molecule has 0 saturated carbocycles. The van der Waals surface area contributed by atoms with Gasteiger partial charge in [-0.1, -0.05) is 72.8 Å². The van der Waals surface area contributed by atoms with Gasteiger partial charge in [-0.3, -0.25) is 14.5 Å². The number of hydrogen-bond donors (Lipinski definition) is 1. The number of aromatic nitrogens is 2. The first-order valence-corrected chi connectivity index (χ1v) is 16.9. The Labute approximate surface area is 275 Å². The Bertz CT molecular complexity index is 1760. The Morgan fingerprint density at radius 3 is 2.57 bits per heavy atom. The SMILES string of the molecule is CCCCOc1ccc(C2/C(=C(\O)c3ccc4c(c3)OCCO4)C(=O)C(=O)N2c2nnc(SCc3ccccc3)s2)cc1OCC. The summed E-state index contributed by atoms with van der Waals surface area (Å²) in [7, 11) is 0. The minimum atomic E-state index is -1.02. The second kappa shape index (κ2) is 14.3. The Balaban J connectivity index is 1.42. The predicted octanol–water partition coefficient (Wildman–Crippen LogP) is 6.81. The van der Waals surface area contributed by atoms with Gasteiger partial charge in [-0.15, -0.1) is 10.2 Å². The van der Waals surface area contributed by atoms with Crippen molar-refractivity contribution < 1.29 is 33.6 Å². The van der Waals surface area contributed by atoms with Crippen LogP contribution >= 0.6 is 23.1 Å². The highest BCUT2D eigenvalue weighted by molar-refractivity contribution is 8.00. The highest BCUT2D eigenvalue weighted by Crippen LogP contribution is 2.46. The molecule has 1 N–H and O–H groups in total. The standard InChI is InChI=1S/C34H33N3O7S2/c1-3-5-15-42-24-13-11-22(18-26(24)41-4-2)29-28(30(38)23-12-14-25-27(19-23)44-17-16-43-25)31(39)32(40)37(29)33-35-36-34(46-33)45-20-21-9-7-6-8-10-21/h6-14,18-19,29,38H,3-5,15-17,20H2,1-2H3/b30-28+. The van der Waals surface area contributed by atoms with Crippen LogP contribution in [0.15, 0.2) is 76.6 Å². The minimum absolute atomic E-state index is 0.0857. The van der Waals surface area contributed by atoms with Crippen LogP contribution in [0.4, 0.5) is 5.13 Å². The van der Waals surface area contributed by atoms with Crippen molar-refractivity contribution in [2.45, 2.75) is 42.8 Å². The molecule has 12 heteroatoms. The summed E-state index contributed by atoms with van der Waals surface area (Å²) in [4.78, 5) is 28.9. The lowest BCUT2D eigenvalue weighted by Crippen LogP contribution is -2.29. The summed E-state index contributed by atoms with van der Waals surface area (Å²) in [6.45, 7) is 5.62. The second-order valence-electron chi connectivity index (χ2n) is 10.5. The summed E-state index contributed by atoms with van der Waals surface area (Å²) in [6.07, 6.45) is 1.86. The summed E-state index contributed by atoms with van der Waals surface area (Å²) < 4.78 is 23.9. The van der Waals surface area contributed by atoms with E-state index in [1.165, 1.54) is 28.0 Å². The monoisotopic (exact) mass is 659 g/mol. The van der Waals surface area contributed by atoms with E-state index in [0.717, 1.165) is 18.4 Å². The van der Waals surface area contributed by atoms with Gasteiger partial charge < -0.3 is 24.1 Å². The Morgan fingerprint density at radius 2 is 1.78 bits per heavy atom. The summed E-state index contributed by atoms with van der Waals surface area (Å²) in [6, 6.07) is 19.1. The van der Waals surface area contributed by atoms with Crippen LogP contribution < -0.4 is 23.8 Å². The summed E-state index contributed by atoms with van der Waals surface area (Å²) in [5.74, 6) is 0.669. The van der Waals surface area contributed by atoms with Crippen molar-refractivity contribution in [2.24, 2.45) is 0 Å². The third-order valence-electron chi connectivity index (χ3n) is 7.41. The molecular weight excluding hydrogens is 627 g/mol. The van der Waals surface area contributed by atoms with Crippen molar-refractivity contribution in [1.29, 1.82) is 0 Å². The molecule has 0 spiro atoms. The number of amides is 1. The van der Waals surface area contributed by atoms with Crippen LogP contribution in [0.1, 0.15) is 49.4 Å². The first kappa shape index (κ1) is 31.4. The third-order valence-corrected chi connectivity index (χ3v) is 9.53. The van der Waals surface area contributed by atoms with Gasteiger partial charge >= 0.3 is 5.91 Å². The van der Waals surface area contributed by atoms with Crippen molar-refractivity contribution in [3.8, 4) is 23.0 Å². The predicted molar refractivity (Wildman–Crippen MR) is 176 cm³/mol. The normalized spacial score (nSPS) is 16.9. The molecule has 1 saturated heterocycles. The van der Waals surface area contributed by atoms with Crippen molar-refractivity contribution >= 4 is 45.7 Å². The van der Waals surface area contributed by atoms with E-state index in [1.807, 2.05) is 37.3 Å². The van der Waals surface area contributed by atoms with E-state index >= 15 is 0 Å². The van der Waals surface area contributed by atoms with Gasteiger partial charge in [-0.2, -0.15) is 0 Å². The highest BCUT2D eigenvalue weighted by Gasteiger charge is 2.48. The van der Waals surface area contributed by atoms with E-state index in [9.17, 15) is 14.7 Å². The molecule has 1 aromatic heterocycles. The number of unbranched alkanes of at least 4 members (excludes halogenated alkanes) is 1. The van der Waals surface area contributed by atoms with Crippen LogP contribution in [0.5, 0.6) is 23.0 Å². The number of thioether (sulfide) groups is 1. The quantitative estimate of drug-likeness (QED) is 0.0434. The molecule has 2 aliphatic rings.